The SMILES string of the molecule is CC(C)=CCC/C(C)=C/C(c1c[nH]c2ccccc12)c1c[nH]c2ccccc12. The van der Waals surface area contributed by atoms with Crippen LogP contribution in [0.3, 0.4) is 0 Å². The van der Waals surface area contributed by atoms with Gasteiger partial charge in [0.2, 0.25) is 0 Å². The van der Waals surface area contributed by atoms with Crippen LogP contribution in [0.1, 0.15) is 50.7 Å². The topological polar surface area (TPSA) is 31.6 Å². The van der Waals surface area contributed by atoms with Crippen molar-refractivity contribution in [2.24, 2.45) is 0 Å². The molecule has 0 saturated heterocycles. The second kappa shape index (κ2) is 7.93. The molecule has 2 heterocycles. The molecule has 0 amide bonds. The molecule has 0 atom stereocenters. The minimum absolute atomic E-state index is 0.221. The first-order chi connectivity index (χ1) is 13.6. The number of para-hydroxylation sites is 2. The van der Waals surface area contributed by atoms with E-state index in [0.717, 1.165) is 12.8 Å². The maximum atomic E-state index is 3.46. The molecule has 0 unspecified atom stereocenters. The highest BCUT2D eigenvalue weighted by Crippen LogP contribution is 2.36. The van der Waals surface area contributed by atoms with Gasteiger partial charge in [-0.2, -0.15) is 0 Å². The third-order valence-corrected chi connectivity index (χ3v) is 5.46. The van der Waals surface area contributed by atoms with Crippen LogP contribution in [0.5, 0.6) is 0 Å². The zero-order valence-corrected chi connectivity index (χ0v) is 16.9. The van der Waals surface area contributed by atoms with Gasteiger partial charge in [0, 0.05) is 40.1 Å². The smallest absolute Gasteiger partial charge is 0.0457 e. The fourth-order valence-electron chi connectivity index (χ4n) is 4.01. The number of benzene rings is 2. The maximum Gasteiger partial charge on any atom is 0.0457 e. The van der Waals surface area contributed by atoms with Crippen LogP contribution in [0.2, 0.25) is 0 Å². The van der Waals surface area contributed by atoms with E-state index in [4.69, 9.17) is 0 Å². The molecule has 2 N–H and O–H groups in total. The zero-order valence-electron chi connectivity index (χ0n) is 16.9. The van der Waals surface area contributed by atoms with Crippen molar-refractivity contribution in [2.75, 3.05) is 0 Å². The minimum atomic E-state index is 0.221. The van der Waals surface area contributed by atoms with Gasteiger partial charge in [-0.1, -0.05) is 59.7 Å². The van der Waals surface area contributed by atoms with Gasteiger partial charge >= 0.3 is 0 Å². The van der Waals surface area contributed by atoms with Crippen molar-refractivity contribution in [2.45, 2.75) is 39.5 Å². The largest absolute Gasteiger partial charge is 0.361 e. The zero-order chi connectivity index (χ0) is 19.5. The van der Waals surface area contributed by atoms with E-state index in [2.05, 4.69) is 104 Å². The molecule has 2 heteroatoms. The fourth-order valence-corrected chi connectivity index (χ4v) is 4.01. The molecule has 2 aromatic carbocycles. The van der Waals surface area contributed by atoms with Gasteiger partial charge in [-0.25, -0.2) is 0 Å². The third kappa shape index (κ3) is 3.68. The fraction of sp³-hybridized carbons (Fsp3) is 0.231. The van der Waals surface area contributed by atoms with Crippen LogP contribution in [0, 0.1) is 0 Å². The molecule has 0 fully saturated rings. The van der Waals surface area contributed by atoms with Crippen LogP contribution in [0.15, 0.2) is 84.2 Å². The summed E-state index contributed by atoms with van der Waals surface area (Å²) in [7, 11) is 0. The average Bonchev–Trinajstić information content (AvgIpc) is 3.30. The van der Waals surface area contributed by atoms with Crippen LogP contribution in [0.25, 0.3) is 21.8 Å². The Hall–Kier alpha value is -3.00. The summed E-state index contributed by atoms with van der Waals surface area (Å²) in [4.78, 5) is 6.92. The second-order valence-corrected chi connectivity index (χ2v) is 7.89. The molecule has 2 nitrogen and oxygen atoms in total. The van der Waals surface area contributed by atoms with Crippen LogP contribution in [0.4, 0.5) is 0 Å². The van der Waals surface area contributed by atoms with Crippen molar-refractivity contribution in [1.29, 1.82) is 0 Å². The Morgan fingerprint density at radius 2 is 1.36 bits per heavy atom. The molecule has 2 aromatic heterocycles. The van der Waals surface area contributed by atoms with E-state index < -0.39 is 0 Å². The van der Waals surface area contributed by atoms with E-state index in [9.17, 15) is 0 Å². The predicted molar refractivity (Wildman–Crippen MR) is 121 cm³/mol. The van der Waals surface area contributed by atoms with E-state index in [1.165, 1.54) is 44.1 Å². The number of nitrogens with one attached hydrogen (secondary N) is 2. The van der Waals surface area contributed by atoms with E-state index in [1.54, 1.807) is 0 Å². The van der Waals surface area contributed by atoms with Crippen molar-refractivity contribution in [3.63, 3.8) is 0 Å². The Bertz CT molecular complexity index is 1080. The van der Waals surface area contributed by atoms with Crippen molar-refractivity contribution in [3.8, 4) is 0 Å². The lowest BCUT2D eigenvalue weighted by Gasteiger charge is -2.14. The molecule has 0 aliphatic rings. The minimum Gasteiger partial charge on any atom is -0.361 e. The molecular weight excluding hydrogens is 340 g/mol. The van der Waals surface area contributed by atoms with Crippen LogP contribution in [-0.2, 0) is 0 Å². The Labute approximate surface area is 167 Å². The molecule has 0 spiro atoms. The van der Waals surface area contributed by atoms with E-state index in [0.29, 0.717) is 0 Å². The van der Waals surface area contributed by atoms with E-state index >= 15 is 0 Å². The summed E-state index contributed by atoms with van der Waals surface area (Å²) in [6.07, 6.45) is 11.3. The number of hydrogen-bond donors (Lipinski definition) is 2. The van der Waals surface area contributed by atoms with Crippen LogP contribution < -0.4 is 0 Å². The highest BCUT2D eigenvalue weighted by molar-refractivity contribution is 5.88. The Morgan fingerprint density at radius 3 is 1.89 bits per heavy atom. The van der Waals surface area contributed by atoms with Crippen molar-refractivity contribution in [3.05, 3.63) is 95.3 Å². The summed E-state index contributed by atoms with van der Waals surface area (Å²) >= 11 is 0. The van der Waals surface area contributed by atoms with Gasteiger partial charge in [-0.3, -0.25) is 0 Å². The van der Waals surface area contributed by atoms with Crippen molar-refractivity contribution >= 4 is 21.8 Å². The van der Waals surface area contributed by atoms with Gasteiger partial charge in [0.25, 0.3) is 0 Å². The standard InChI is InChI=1S/C26H28N2/c1-18(2)9-8-10-19(3)15-22(23-16-27-25-13-6-4-11-20(23)25)24-17-28-26-14-7-5-12-21(24)26/h4-7,9,11-17,22,27-28H,8,10H2,1-3H3/b19-15+. The van der Waals surface area contributed by atoms with Gasteiger partial charge in [-0.05, 0) is 56.9 Å². The molecule has 0 aliphatic heterocycles. The number of allylic oxidation sites excluding steroid dienone is 4. The number of hydrogen-bond acceptors (Lipinski definition) is 0. The summed E-state index contributed by atoms with van der Waals surface area (Å²) in [5.74, 6) is 0.221. The summed E-state index contributed by atoms with van der Waals surface area (Å²) in [6, 6.07) is 17.2. The summed E-state index contributed by atoms with van der Waals surface area (Å²) < 4.78 is 0. The van der Waals surface area contributed by atoms with Gasteiger partial charge in [0.15, 0.2) is 0 Å². The molecule has 0 radical (unpaired) electrons. The van der Waals surface area contributed by atoms with Crippen LogP contribution in [-0.4, -0.2) is 9.97 Å². The number of rotatable bonds is 6. The number of H-pyrrole nitrogens is 2. The first-order valence-corrected chi connectivity index (χ1v) is 10.1. The molecule has 4 rings (SSSR count). The molecule has 0 aliphatic carbocycles. The number of fused-ring (bicyclic) bond motifs is 2. The summed E-state index contributed by atoms with van der Waals surface area (Å²) in [5, 5.41) is 2.59. The molecule has 0 saturated carbocycles. The Balaban J connectivity index is 1.80. The highest BCUT2D eigenvalue weighted by atomic mass is 14.7. The maximum absolute atomic E-state index is 3.46. The van der Waals surface area contributed by atoms with E-state index in [1.807, 2.05) is 0 Å². The average molecular weight is 369 g/mol. The molecule has 0 bridgehead atoms. The van der Waals surface area contributed by atoms with Crippen molar-refractivity contribution in [1.82, 2.24) is 9.97 Å². The normalized spacial score (nSPS) is 12.2. The molecule has 28 heavy (non-hydrogen) atoms. The highest BCUT2D eigenvalue weighted by Gasteiger charge is 2.19. The van der Waals surface area contributed by atoms with Gasteiger partial charge < -0.3 is 9.97 Å². The van der Waals surface area contributed by atoms with Crippen molar-refractivity contribution < 1.29 is 0 Å². The van der Waals surface area contributed by atoms with Gasteiger partial charge in [0.05, 0.1) is 0 Å². The summed E-state index contributed by atoms with van der Waals surface area (Å²) in [5.41, 5.74) is 7.87. The van der Waals surface area contributed by atoms with Gasteiger partial charge in [-0.15, -0.1) is 0 Å². The monoisotopic (exact) mass is 368 g/mol. The summed E-state index contributed by atoms with van der Waals surface area (Å²) in [6.45, 7) is 6.59. The molecule has 142 valence electrons. The second-order valence-electron chi connectivity index (χ2n) is 7.89. The Morgan fingerprint density at radius 1 is 0.821 bits per heavy atom. The van der Waals surface area contributed by atoms with Gasteiger partial charge in [0.1, 0.15) is 0 Å². The molecular formula is C26H28N2. The lowest BCUT2D eigenvalue weighted by molar-refractivity contribution is 0.932. The molecule has 4 aromatic rings. The lowest BCUT2D eigenvalue weighted by atomic mass is 9.88. The Kier molecular flexibility index (Phi) is 5.21. The van der Waals surface area contributed by atoms with E-state index in [-0.39, 0.29) is 5.92 Å². The quantitative estimate of drug-likeness (QED) is 0.331. The first kappa shape index (κ1) is 18.4. The number of aromatic nitrogens is 2. The lowest BCUT2D eigenvalue weighted by Crippen LogP contribution is -1.98. The first-order valence-electron chi connectivity index (χ1n) is 10.1. The predicted octanol–water partition coefficient (Wildman–Crippen LogP) is 7.47. The number of aromatic amines is 2. The third-order valence-electron chi connectivity index (χ3n) is 5.46. The van der Waals surface area contributed by atoms with Crippen LogP contribution >= 0.6 is 0 Å².